The molecular weight excluding hydrogens is 352 g/mol. The van der Waals surface area contributed by atoms with Crippen molar-refractivity contribution in [2.24, 2.45) is 0 Å². The summed E-state index contributed by atoms with van der Waals surface area (Å²) in [6.45, 7) is 6.38. The molecule has 1 N–H and O–H groups in total. The van der Waals surface area contributed by atoms with Crippen molar-refractivity contribution in [1.82, 2.24) is 29.6 Å². The number of aromatic nitrogens is 5. The van der Waals surface area contributed by atoms with E-state index in [4.69, 9.17) is 0 Å². The molecule has 3 aromatic rings. The number of likely N-dealkylation sites (tertiary alicyclic amines) is 1. The third-order valence-electron chi connectivity index (χ3n) is 5.36. The molecular formula is C21H26N6O. The maximum Gasteiger partial charge on any atom is 0.274 e. The second kappa shape index (κ2) is 7.96. The molecule has 7 nitrogen and oxygen atoms in total. The second-order valence-electron chi connectivity index (χ2n) is 7.72. The molecule has 1 unspecified atom stereocenters. The topological polar surface area (TPSA) is 79.7 Å². The highest BCUT2D eigenvalue weighted by Crippen LogP contribution is 2.27. The number of aromatic amines is 1. The minimum absolute atomic E-state index is 0.0000832. The van der Waals surface area contributed by atoms with Crippen molar-refractivity contribution < 1.29 is 4.79 Å². The molecule has 0 spiro atoms. The normalized spacial score (nSPS) is 17.2. The van der Waals surface area contributed by atoms with E-state index in [9.17, 15) is 4.79 Å². The van der Waals surface area contributed by atoms with E-state index in [0.717, 1.165) is 37.4 Å². The molecule has 1 fully saturated rings. The second-order valence-corrected chi connectivity index (χ2v) is 7.72. The predicted octanol–water partition coefficient (Wildman–Crippen LogP) is 3.19. The highest BCUT2D eigenvalue weighted by Gasteiger charge is 2.29. The van der Waals surface area contributed by atoms with Crippen LogP contribution in [-0.2, 0) is 6.54 Å². The van der Waals surface area contributed by atoms with E-state index in [0.29, 0.717) is 18.2 Å². The van der Waals surface area contributed by atoms with Crippen LogP contribution in [0.4, 0.5) is 0 Å². The Bertz CT molecular complexity index is 929. The van der Waals surface area contributed by atoms with Crippen LogP contribution in [0.3, 0.4) is 0 Å². The van der Waals surface area contributed by atoms with E-state index in [1.165, 1.54) is 5.56 Å². The molecule has 1 aliphatic heterocycles. The van der Waals surface area contributed by atoms with Crippen LogP contribution in [0.1, 0.15) is 66.1 Å². The lowest BCUT2D eigenvalue weighted by molar-refractivity contribution is 0.0697. The molecule has 0 aromatic carbocycles. The molecule has 1 amide bonds. The number of nitrogens with zero attached hydrogens (tertiary/aromatic N) is 5. The lowest BCUT2D eigenvalue weighted by atomic mass is 9.96. The largest absolute Gasteiger partial charge is 0.337 e. The van der Waals surface area contributed by atoms with Crippen LogP contribution in [0.25, 0.3) is 0 Å². The number of imidazole rings is 1. The van der Waals surface area contributed by atoms with Gasteiger partial charge in [-0.3, -0.25) is 14.9 Å². The van der Waals surface area contributed by atoms with Crippen molar-refractivity contribution in [3.63, 3.8) is 0 Å². The lowest BCUT2D eigenvalue weighted by Crippen LogP contribution is -2.40. The molecule has 3 aromatic heterocycles. The van der Waals surface area contributed by atoms with E-state index >= 15 is 0 Å². The number of carbonyl (C=O) groups is 1. The number of hydrogen-bond acceptors (Lipinski definition) is 4. The Morgan fingerprint density at radius 1 is 1.29 bits per heavy atom. The van der Waals surface area contributed by atoms with Gasteiger partial charge in [-0.05, 0) is 42.5 Å². The van der Waals surface area contributed by atoms with Gasteiger partial charge in [-0.15, -0.1) is 0 Å². The van der Waals surface area contributed by atoms with Crippen LogP contribution in [0.2, 0.25) is 0 Å². The van der Waals surface area contributed by atoms with Gasteiger partial charge in [-0.25, -0.2) is 4.98 Å². The Morgan fingerprint density at radius 2 is 2.11 bits per heavy atom. The van der Waals surface area contributed by atoms with Crippen LogP contribution >= 0.6 is 0 Å². The van der Waals surface area contributed by atoms with Crippen molar-refractivity contribution >= 4 is 5.91 Å². The molecule has 146 valence electrons. The van der Waals surface area contributed by atoms with Gasteiger partial charge in [-0.2, -0.15) is 5.10 Å². The Morgan fingerprint density at radius 3 is 2.86 bits per heavy atom. The molecule has 28 heavy (non-hydrogen) atoms. The third-order valence-corrected chi connectivity index (χ3v) is 5.36. The molecule has 4 heterocycles. The van der Waals surface area contributed by atoms with Gasteiger partial charge < -0.3 is 9.47 Å². The van der Waals surface area contributed by atoms with Crippen LogP contribution in [0.5, 0.6) is 0 Å². The van der Waals surface area contributed by atoms with Crippen LogP contribution in [0, 0.1) is 0 Å². The summed E-state index contributed by atoms with van der Waals surface area (Å²) in [6.07, 6.45) is 9.48. The first-order valence-electron chi connectivity index (χ1n) is 9.86. The maximum absolute atomic E-state index is 12.9. The van der Waals surface area contributed by atoms with Gasteiger partial charge in [0.05, 0.1) is 0 Å². The number of amides is 1. The number of piperidine rings is 1. The highest BCUT2D eigenvalue weighted by atomic mass is 16.2. The molecule has 1 aliphatic rings. The fourth-order valence-electron chi connectivity index (χ4n) is 3.78. The quantitative estimate of drug-likeness (QED) is 0.739. The number of H-pyrrole nitrogens is 1. The SMILES string of the molecule is CC(C)c1cc(C(=O)N2CCCC(c3nccn3Cc3ccncc3)C2)n[nH]1. The highest BCUT2D eigenvalue weighted by molar-refractivity contribution is 5.92. The zero-order valence-corrected chi connectivity index (χ0v) is 16.4. The minimum atomic E-state index is 0.0000832. The Balaban J connectivity index is 1.48. The molecule has 4 rings (SSSR count). The first-order chi connectivity index (χ1) is 13.6. The van der Waals surface area contributed by atoms with E-state index in [-0.39, 0.29) is 11.8 Å². The lowest BCUT2D eigenvalue weighted by Gasteiger charge is -2.32. The summed E-state index contributed by atoms with van der Waals surface area (Å²) >= 11 is 0. The molecule has 7 heteroatoms. The van der Waals surface area contributed by atoms with E-state index in [1.54, 1.807) is 0 Å². The van der Waals surface area contributed by atoms with Crippen LogP contribution in [-0.4, -0.2) is 48.6 Å². The fourth-order valence-corrected chi connectivity index (χ4v) is 3.78. The van der Waals surface area contributed by atoms with Gasteiger partial charge in [0.1, 0.15) is 11.5 Å². The molecule has 0 radical (unpaired) electrons. The summed E-state index contributed by atoms with van der Waals surface area (Å²) in [5, 5.41) is 7.21. The van der Waals surface area contributed by atoms with Gasteiger partial charge in [0, 0.05) is 56.0 Å². The number of nitrogens with one attached hydrogen (secondary N) is 1. The maximum atomic E-state index is 12.9. The predicted molar refractivity (Wildman–Crippen MR) is 106 cm³/mol. The summed E-state index contributed by atoms with van der Waals surface area (Å²) in [7, 11) is 0. The minimum Gasteiger partial charge on any atom is -0.337 e. The standard InChI is InChI=1S/C21H26N6O/c1-15(2)18-12-19(25-24-18)21(28)27-10-3-4-17(14-27)20-23-9-11-26(20)13-16-5-7-22-8-6-16/h5-9,11-12,15,17H,3-4,10,13-14H2,1-2H3,(H,24,25). The fraction of sp³-hybridized carbons (Fsp3) is 0.429. The van der Waals surface area contributed by atoms with Crippen LogP contribution < -0.4 is 0 Å². The van der Waals surface area contributed by atoms with Gasteiger partial charge in [-0.1, -0.05) is 13.8 Å². The summed E-state index contributed by atoms with van der Waals surface area (Å²) in [4.78, 5) is 23.6. The zero-order valence-electron chi connectivity index (χ0n) is 16.4. The Hall–Kier alpha value is -2.96. The monoisotopic (exact) mass is 378 g/mol. The van der Waals surface area contributed by atoms with Crippen molar-refractivity contribution in [3.05, 3.63) is 65.8 Å². The van der Waals surface area contributed by atoms with Crippen LogP contribution in [0.15, 0.2) is 43.0 Å². The van der Waals surface area contributed by atoms with E-state index in [2.05, 4.69) is 38.6 Å². The first-order valence-corrected chi connectivity index (χ1v) is 9.86. The average Bonchev–Trinajstić information content (AvgIpc) is 3.38. The van der Waals surface area contributed by atoms with Gasteiger partial charge in [0.15, 0.2) is 0 Å². The zero-order chi connectivity index (χ0) is 19.5. The summed E-state index contributed by atoms with van der Waals surface area (Å²) < 4.78 is 2.18. The molecule has 1 atom stereocenters. The number of carbonyl (C=O) groups excluding carboxylic acids is 1. The van der Waals surface area contributed by atoms with Crippen molar-refractivity contribution in [2.45, 2.75) is 45.1 Å². The number of pyridine rings is 1. The first kappa shape index (κ1) is 18.4. The average molecular weight is 378 g/mol. The molecule has 1 saturated heterocycles. The third kappa shape index (κ3) is 3.83. The molecule has 0 aliphatic carbocycles. The molecule has 0 bridgehead atoms. The van der Waals surface area contributed by atoms with E-state index in [1.807, 2.05) is 47.9 Å². The van der Waals surface area contributed by atoms with Crippen molar-refractivity contribution in [3.8, 4) is 0 Å². The molecule has 0 saturated carbocycles. The number of rotatable bonds is 5. The summed E-state index contributed by atoms with van der Waals surface area (Å²) in [5.74, 6) is 1.60. The van der Waals surface area contributed by atoms with E-state index < -0.39 is 0 Å². The smallest absolute Gasteiger partial charge is 0.274 e. The van der Waals surface area contributed by atoms with Crippen molar-refractivity contribution in [1.29, 1.82) is 0 Å². The van der Waals surface area contributed by atoms with Gasteiger partial charge in [0.2, 0.25) is 0 Å². The van der Waals surface area contributed by atoms with Gasteiger partial charge >= 0.3 is 0 Å². The van der Waals surface area contributed by atoms with Gasteiger partial charge in [0.25, 0.3) is 5.91 Å². The van der Waals surface area contributed by atoms with Crippen molar-refractivity contribution in [2.75, 3.05) is 13.1 Å². The summed E-state index contributed by atoms with van der Waals surface area (Å²) in [5.41, 5.74) is 2.69. The Kier molecular flexibility index (Phi) is 5.23. The Labute approximate surface area is 164 Å². The number of hydrogen-bond donors (Lipinski definition) is 1. The summed E-state index contributed by atoms with van der Waals surface area (Å²) in [6, 6.07) is 5.91.